The van der Waals surface area contributed by atoms with Crippen LogP contribution < -0.4 is 4.74 Å². The number of carboxylic acids is 1. The molecule has 0 amide bonds. The third-order valence-electron chi connectivity index (χ3n) is 5.90. The Morgan fingerprint density at radius 1 is 0.879 bits per heavy atom. The maximum Gasteiger partial charge on any atom is 0.335 e. The van der Waals surface area contributed by atoms with Gasteiger partial charge in [-0.1, -0.05) is 60.7 Å². The quantitative estimate of drug-likeness (QED) is 0.574. The van der Waals surface area contributed by atoms with Crippen molar-refractivity contribution in [3.8, 4) is 5.75 Å². The predicted octanol–water partition coefficient (Wildman–Crippen LogP) is 3.49. The molecule has 172 valence electrons. The second-order valence-corrected chi connectivity index (χ2v) is 9.74. The average Bonchev–Trinajstić information content (AvgIpc) is 2.85. The van der Waals surface area contributed by atoms with E-state index in [-0.39, 0.29) is 22.3 Å². The van der Waals surface area contributed by atoms with E-state index < -0.39 is 16.0 Å². The summed E-state index contributed by atoms with van der Waals surface area (Å²) < 4.78 is 33.4. The molecule has 1 aliphatic heterocycles. The van der Waals surface area contributed by atoms with Crippen molar-refractivity contribution in [2.75, 3.05) is 33.3 Å². The topological polar surface area (TPSA) is 87.1 Å². The molecule has 0 saturated carbocycles. The van der Waals surface area contributed by atoms with E-state index in [1.807, 2.05) is 36.4 Å². The zero-order valence-electron chi connectivity index (χ0n) is 18.3. The van der Waals surface area contributed by atoms with E-state index in [0.717, 1.165) is 11.1 Å². The van der Waals surface area contributed by atoms with Gasteiger partial charge in [0.15, 0.2) is 0 Å². The Hall–Kier alpha value is -3.20. The highest BCUT2D eigenvalue weighted by molar-refractivity contribution is 7.89. The van der Waals surface area contributed by atoms with E-state index in [1.165, 1.54) is 29.6 Å². The summed E-state index contributed by atoms with van der Waals surface area (Å²) in [6, 6.07) is 24.2. The van der Waals surface area contributed by atoms with Gasteiger partial charge in [0.2, 0.25) is 10.0 Å². The molecule has 0 radical (unpaired) electrons. The minimum Gasteiger partial charge on any atom is -0.495 e. The summed E-state index contributed by atoms with van der Waals surface area (Å²) in [7, 11) is -2.55. The van der Waals surface area contributed by atoms with Gasteiger partial charge < -0.3 is 9.84 Å². The van der Waals surface area contributed by atoms with Crippen molar-refractivity contribution in [2.45, 2.75) is 10.9 Å². The van der Waals surface area contributed by atoms with Crippen LogP contribution in [0.2, 0.25) is 0 Å². The van der Waals surface area contributed by atoms with E-state index >= 15 is 0 Å². The van der Waals surface area contributed by atoms with Gasteiger partial charge in [0, 0.05) is 26.2 Å². The Labute approximate surface area is 193 Å². The monoisotopic (exact) mass is 466 g/mol. The summed E-state index contributed by atoms with van der Waals surface area (Å²) >= 11 is 0. The highest BCUT2D eigenvalue weighted by atomic mass is 32.2. The summed E-state index contributed by atoms with van der Waals surface area (Å²) in [5.74, 6) is -1.05. The van der Waals surface area contributed by atoms with Gasteiger partial charge in [0.25, 0.3) is 0 Å². The zero-order chi connectivity index (χ0) is 23.4. The molecule has 7 nitrogen and oxygen atoms in total. The number of carboxylic acid groups (broad SMARTS) is 1. The van der Waals surface area contributed by atoms with E-state index in [1.54, 1.807) is 0 Å². The molecule has 1 saturated heterocycles. The van der Waals surface area contributed by atoms with Crippen molar-refractivity contribution in [1.29, 1.82) is 0 Å². The molecule has 0 aromatic heterocycles. The van der Waals surface area contributed by atoms with Gasteiger partial charge in [0.05, 0.1) is 18.7 Å². The lowest BCUT2D eigenvalue weighted by Crippen LogP contribution is -2.49. The maximum atomic E-state index is 13.4. The van der Waals surface area contributed by atoms with Gasteiger partial charge in [-0.05, 0) is 29.3 Å². The summed E-state index contributed by atoms with van der Waals surface area (Å²) in [5.41, 5.74) is 2.20. The van der Waals surface area contributed by atoms with Crippen LogP contribution >= 0.6 is 0 Å². The van der Waals surface area contributed by atoms with Crippen molar-refractivity contribution < 1.29 is 23.1 Å². The molecule has 4 rings (SSSR count). The highest BCUT2D eigenvalue weighted by Gasteiger charge is 2.34. The van der Waals surface area contributed by atoms with Crippen LogP contribution in [0.5, 0.6) is 5.75 Å². The molecule has 8 heteroatoms. The molecule has 0 spiro atoms. The van der Waals surface area contributed by atoms with Crippen LogP contribution in [0.4, 0.5) is 0 Å². The number of aromatic carboxylic acids is 1. The van der Waals surface area contributed by atoms with Crippen molar-refractivity contribution in [1.82, 2.24) is 9.21 Å². The molecule has 0 bridgehead atoms. The zero-order valence-corrected chi connectivity index (χ0v) is 19.1. The molecule has 3 aromatic carbocycles. The molecule has 1 fully saturated rings. The molecule has 33 heavy (non-hydrogen) atoms. The fraction of sp³-hybridized carbons (Fsp3) is 0.240. The first kappa shape index (κ1) is 23.0. The summed E-state index contributed by atoms with van der Waals surface area (Å²) in [5, 5.41) is 9.31. The Morgan fingerprint density at radius 3 is 1.91 bits per heavy atom. The second kappa shape index (κ2) is 9.74. The Morgan fingerprint density at radius 2 is 1.42 bits per heavy atom. The fourth-order valence-corrected chi connectivity index (χ4v) is 5.84. The lowest BCUT2D eigenvalue weighted by molar-refractivity contribution is 0.0696. The summed E-state index contributed by atoms with van der Waals surface area (Å²) in [6.07, 6.45) is 0. The van der Waals surface area contributed by atoms with Crippen LogP contribution in [0, 0.1) is 0 Å². The number of sulfonamides is 1. The molecule has 0 aliphatic carbocycles. The minimum absolute atomic E-state index is 0.0159. The SMILES string of the molecule is COc1ccc(C(=O)O)cc1S(=O)(=O)N1CCN(C(c2ccccc2)c2ccccc2)CC1. The molecular formula is C25H26N2O5S. The molecule has 0 atom stereocenters. The van der Waals surface area contributed by atoms with Gasteiger partial charge in [-0.3, -0.25) is 4.90 Å². The molecule has 1 aliphatic rings. The summed E-state index contributed by atoms with van der Waals surface area (Å²) in [6.45, 7) is 1.65. The highest BCUT2D eigenvalue weighted by Crippen LogP contribution is 2.32. The van der Waals surface area contributed by atoms with Crippen molar-refractivity contribution in [3.05, 3.63) is 95.6 Å². The smallest absolute Gasteiger partial charge is 0.335 e. The maximum absolute atomic E-state index is 13.4. The van der Waals surface area contributed by atoms with Gasteiger partial charge in [0.1, 0.15) is 10.6 Å². The number of piperazine rings is 1. The van der Waals surface area contributed by atoms with Crippen LogP contribution in [0.25, 0.3) is 0 Å². The first-order valence-electron chi connectivity index (χ1n) is 10.7. The van der Waals surface area contributed by atoms with Gasteiger partial charge >= 0.3 is 5.97 Å². The van der Waals surface area contributed by atoms with E-state index in [9.17, 15) is 18.3 Å². The molecule has 1 heterocycles. The molecule has 1 N–H and O–H groups in total. The largest absolute Gasteiger partial charge is 0.495 e. The molecule has 0 unspecified atom stereocenters. The Bertz CT molecular complexity index is 1170. The number of rotatable bonds is 7. The molecule has 3 aromatic rings. The van der Waals surface area contributed by atoms with Crippen molar-refractivity contribution >= 4 is 16.0 Å². The van der Waals surface area contributed by atoms with Crippen molar-refractivity contribution in [2.24, 2.45) is 0 Å². The second-order valence-electron chi connectivity index (χ2n) is 7.83. The van der Waals surface area contributed by atoms with Crippen LogP contribution in [0.3, 0.4) is 0 Å². The van der Waals surface area contributed by atoms with Crippen LogP contribution in [-0.4, -0.2) is 62.0 Å². The third kappa shape index (κ3) is 4.78. The third-order valence-corrected chi connectivity index (χ3v) is 7.82. The Kier molecular flexibility index (Phi) is 6.78. The van der Waals surface area contributed by atoms with E-state index in [2.05, 4.69) is 29.2 Å². The van der Waals surface area contributed by atoms with Gasteiger partial charge in [-0.2, -0.15) is 4.31 Å². The molecular weight excluding hydrogens is 440 g/mol. The number of nitrogens with zero attached hydrogens (tertiary/aromatic N) is 2. The van der Waals surface area contributed by atoms with Crippen LogP contribution in [0.15, 0.2) is 83.8 Å². The van der Waals surface area contributed by atoms with E-state index in [0.29, 0.717) is 26.2 Å². The summed E-state index contributed by atoms with van der Waals surface area (Å²) in [4.78, 5) is 13.5. The predicted molar refractivity (Wildman–Crippen MR) is 125 cm³/mol. The minimum atomic E-state index is -3.92. The van der Waals surface area contributed by atoms with E-state index in [4.69, 9.17) is 4.74 Å². The lowest BCUT2D eigenvalue weighted by atomic mass is 9.96. The van der Waals surface area contributed by atoms with Gasteiger partial charge in [-0.25, -0.2) is 13.2 Å². The number of benzene rings is 3. The fourth-order valence-electron chi connectivity index (χ4n) is 4.24. The number of hydrogen-bond acceptors (Lipinski definition) is 5. The van der Waals surface area contributed by atoms with Gasteiger partial charge in [-0.15, -0.1) is 0 Å². The normalized spacial score (nSPS) is 15.5. The average molecular weight is 467 g/mol. The number of hydrogen-bond donors (Lipinski definition) is 1. The first-order chi connectivity index (χ1) is 15.9. The van der Waals surface area contributed by atoms with Crippen LogP contribution in [0.1, 0.15) is 27.5 Å². The number of methoxy groups -OCH3 is 1. The first-order valence-corrected chi connectivity index (χ1v) is 12.1. The lowest BCUT2D eigenvalue weighted by Gasteiger charge is -2.39. The Balaban J connectivity index is 1.59. The van der Waals surface area contributed by atoms with Crippen molar-refractivity contribution in [3.63, 3.8) is 0 Å². The van der Waals surface area contributed by atoms with Crippen LogP contribution in [-0.2, 0) is 10.0 Å². The standard InChI is InChI=1S/C25H26N2O5S/c1-32-22-13-12-21(25(28)29)18-23(22)33(30,31)27-16-14-26(15-17-27)24(19-8-4-2-5-9-19)20-10-6-3-7-11-20/h2-13,18,24H,14-17H2,1H3,(H,28,29). The number of ether oxygens (including phenoxy) is 1. The number of carbonyl (C=O) groups is 1.